The Hall–Kier alpha value is -3.28. The predicted molar refractivity (Wildman–Crippen MR) is 104 cm³/mol. The van der Waals surface area contributed by atoms with Crippen molar-refractivity contribution in [2.45, 2.75) is 13.0 Å². The van der Waals surface area contributed by atoms with E-state index >= 15 is 0 Å². The van der Waals surface area contributed by atoms with Gasteiger partial charge < -0.3 is 20.1 Å². The van der Waals surface area contributed by atoms with Crippen LogP contribution in [-0.4, -0.2) is 32.6 Å². The van der Waals surface area contributed by atoms with Crippen LogP contribution in [0.3, 0.4) is 0 Å². The minimum atomic E-state index is -0.365. The number of ether oxygens (including phenoxy) is 2. The van der Waals surface area contributed by atoms with Gasteiger partial charge in [-0.1, -0.05) is 36.4 Å². The molecule has 0 aliphatic heterocycles. The van der Waals surface area contributed by atoms with E-state index in [1.165, 1.54) is 7.11 Å². The van der Waals surface area contributed by atoms with E-state index in [1.54, 1.807) is 25.3 Å². The lowest BCUT2D eigenvalue weighted by molar-refractivity contribution is -0.120. The summed E-state index contributed by atoms with van der Waals surface area (Å²) in [6, 6.07) is 12.9. The Bertz CT molecular complexity index is 803. The third-order valence-corrected chi connectivity index (χ3v) is 3.92. The summed E-state index contributed by atoms with van der Waals surface area (Å²) in [6.07, 6.45) is 2.24. The lowest BCUT2D eigenvalue weighted by Gasteiger charge is -2.14. The van der Waals surface area contributed by atoms with Gasteiger partial charge in [0.1, 0.15) is 0 Å². The molecule has 2 N–H and O–H groups in total. The molecule has 0 heterocycles. The average Bonchev–Trinajstić information content (AvgIpc) is 2.70. The smallest absolute Gasteiger partial charge is 0.251 e. The minimum absolute atomic E-state index is 0.114. The van der Waals surface area contributed by atoms with Gasteiger partial charge in [-0.15, -0.1) is 6.58 Å². The van der Waals surface area contributed by atoms with Crippen molar-refractivity contribution in [1.29, 1.82) is 0 Å². The molecule has 0 radical (unpaired) electrons. The molecule has 27 heavy (non-hydrogen) atoms. The Labute approximate surface area is 159 Å². The van der Waals surface area contributed by atoms with Gasteiger partial charge in [0.25, 0.3) is 5.91 Å². The highest BCUT2D eigenvalue weighted by molar-refractivity contribution is 5.97. The molecule has 0 fully saturated rings. The monoisotopic (exact) mass is 368 g/mol. The van der Waals surface area contributed by atoms with E-state index in [-0.39, 0.29) is 18.4 Å². The summed E-state index contributed by atoms with van der Waals surface area (Å²) in [5.74, 6) is 0.389. The van der Waals surface area contributed by atoms with Crippen molar-refractivity contribution in [3.8, 4) is 11.5 Å². The van der Waals surface area contributed by atoms with Crippen LogP contribution in [0.1, 0.15) is 21.5 Å². The van der Waals surface area contributed by atoms with Gasteiger partial charge in [-0.3, -0.25) is 9.59 Å². The number of hydrogen-bond donors (Lipinski definition) is 2. The molecular weight excluding hydrogens is 344 g/mol. The summed E-state index contributed by atoms with van der Waals surface area (Å²) in [4.78, 5) is 24.4. The average molecular weight is 368 g/mol. The van der Waals surface area contributed by atoms with Gasteiger partial charge in [0, 0.05) is 17.7 Å². The van der Waals surface area contributed by atoms with Crippen molar-refractivity contribution in [3.05, 3.63) is 71.8 Å². The first-order valence-corrected chi connectivity index (χ1v) is 8.53. The Morgan fingerprint density at radius 1 is 1.07 bits per heavy atom. The molecule has 0 aliphatic rings. The molecule has 0 unspecified atom stereocenters. The van der Waals surface area contributed by atoms with Gasteiger partial charge in [-0.25, -0.2) is 0 Å². The Balaban J connectivity index is 1.99. The largest absolute Gasteiger partial charge is 0.493 e. The van der Waals surface area contributed by atoms with E-state index in [9.17, 15) is 9.59 Å². The van der Waals surface area contributed by atoms with Crippen LogP contribution in [0.2, 0.25) is 0 Å². The van der Waals surface area contributed by atoms with E-state index < -0.39 is 0 Å². The summed E-state index contributed by atoms with van der Waals surface area (Å²) >= 11 is 0. The molecule has 2 aromatic carbocycles. The van der Waals surface area contributed by atoms with Crippen molar-refractivity contribution in [1.82, 2.24) is 10.6 Å². The molecule has 2 aromatic rings. The number of nitrogens with one attached hydrogen (secondary N) is 2. The zero-order valence-electron chi connectivity index (χ0n) is 15.6. The second-order valence-electron chi connectivity index (χ2n) is 5.81. The third-order valence-electron chi connectivity index (χ3n) is 3.92. The maximum Gasteiger partial charge on any atom is 0.251 e. The fraction of sp³-hybridized carbons (Fsp3) is 0.238. The molecule has 6 nitrogen and oxygen atoms in total. The molecule has 6 heteroatoms. The second-order valence-corrected chi connectivity index (χ2v) is 5.81. The molecule has 2 amide bonds. The highest BCUT2D eigenvalue weighted by Crippen LogP contribution is 2.33. The van der Waals surface area contributed by atoms with Crippen molar-refractivity contribution in [3.63, 3.8) is 0 Å². The van der Waals surface area contributed by atoms with Gasteiger partial charge in [-0.05, 0) is 24.1 Å². The van der Waals surface area contributed by atoms with Crippen LogP contribution in [0, 0.1) is 0 Å². The topological polar surface area (TPSA) is 76.7 Å². The number of rotatable bonds is 9. The predicted octanol–water partition coefficient (Wildman–Crippen LogP) is 2.48. The van der Waals surface area contributed by atoms with Gasteiger partial charge in [0.05, 0.1) is 20.8 Å². The number of carbonyl (C=O) groups is 2. The molecule has 142 valence electrons. The van der Waals surface area contributed by atoms with Crippen LogP contribution in [-0.2, 0) is 17.8 Å². The fourth-order valence-corrected chi connectivity index (χ4v) is 2.60. The van der Waals surface area contributed by atoms with Crippen LogP contribution in [0.15, 0.2) is 55.1 Å². The molecule has 0 atom stereocenters. The normalized spacial score (nSPS) is 10.0. The van der Waals surface area contributed by atoms with Gasteiger partial charge in [0.2, 0.25) is 5.91 Å². The fourth-order valence-electron chi connectivity index (χ4n) is 2.60. The molecular formula is C21H24N2O4. The van der Waals surface area contributed by atoms with Gasteiger partial charge in [-0.2, -0.15) is 0 Å². The number of methoxy groups -OCH3 is 2. The summed E-state index contributed by atoms with van der Waals surface area (Å²) in [6.45, 7) is 4.01. The van der Waals surface area contributed by atoms with Crippen molar-refractivity contribution in [2.75, 3.05) is 20.8 Å². The zero-order chi connectivity index (χ0) is 19.6. The third kappa shape index (κ3) is 5.60. The molecule has 0 saturated carbocycles. The van der Waals surface area contributed by atoms with E-state index in [4.69, 9.17) is 9.47 Å². The van der Waals surface area contributed by atoms with Crippen LogP contribution >= 0.6 is 0 Å². The van der Waals surface area contributed by atoms with E-state index in [2.05, 4.69) is 17.2 Å². The summed E-state index contributed by atoms with van der Waals surface area (Å²) < 4.78 is 10.7. The summed E-state index contributed by atoms with van der Waals surface area (Å²) in [5, 5.41) is 5.39. The van der Waals surface area contributed by atoms with E-state index in [0.29, 0.717) is 30.0 Å². The number of carbonyl (C=O) groups excluding carboxylic acids is 2. The lowest BCUT2D eigenvalue weighted by atomic mass is 10.0. The first kappa shape index (κ1) is 20.0. The SMILES string of the molecule is C=CCc1cc(C(=O)NCC(=O)NCc2ccccc2)cc(OC)c1OC. The number of benzene rings is 2. The van der Waals surface area contributed by atoms with Crippen LogP contribution in [0.25, 0.3) is 0 Å². The zero-order valence-corrected chi connectivity index (χ0v) is 15.6. The Morgan fingerprint density at radius 2 is 1.81 bits per heavy atom. The molecule has 0 aliphatic carbocycles. The number of amides is 2. The first-order chi connectivity index (χ1) is 13.1. The van der Waals surface area contributed by atoms with Crippen molar-refractivity contribution < 1.29 is 19.1 Å². The summed E-state index contributed by atoms with van der Waals surface area (Å²) in [7, 11) is 3.05. The quantitative estimate of drug-likeness (QED) is 0.667. The van der Waals surface area contributed by atoms with Crippen LogP contribution in [0.4, 0.5) is 0 Å². The van der Waals surface area contributed by atoms with Crippen molar-refractivity contribution in [2.24, 2.45) is 0 Å². The molecule has 2 rings (SSSR count). The van der Waals surface area contributed by atoms with Crippen molar-refractivity contribution >= 4 is 11.8 Å². The molecule has 0 spiro atoms. The van der Waals surface area contributed by atoms with Gasteiger partial charge in [0.15, 0.2) is 11.5 Å². The van der Waals surface area contributed by atoms with Gasteiger partial charge >= 0.3 is 0 Å². The molecule has 0 aromatic heterocycles. The molecule has 0 saturated heterocycles. The highest BCUT2D eigenvalue weighted by atomic mass is 16.5. The van der Waals surface area contributed by atoms with Crippen LogP contribution in [0.5, 0.6) is 11.5 Å². The van der Waals surface area contributed by atoms with E-state index in [0.717, 1.165) is 11.1 Å². The summed E-state index contributed by atoms with van der Waals surface area (Å²) in [5.41, 5.74) is 2.16. The first-order valence-electron chi connectivity index (χ1n) is 8.53. The maximum absolute atomic E-state index is 12.4. The Kier molecular flexibility index (Phi) is 7.43. The molecule has 0 bridgehead atoms. The minimum Gasteiger partial charge on any atom is -0.493 e. The number of hydrogen-bond acceptors (Lipinski definition) is 4. The second kappa shape index (κ2) is 10.0. The van der Waals surface area contributed by atoms with E-state index in [1.807, 2.05) is 30.3 Å². The standard InChI is InChI=1S/C21H24N2O4/c1-4-8-16-11-17(12-18(26-2)20(16)27-3)21(25)23-14-19(24)22-13-15-9-6-5-7-10-15/h4-7,9-12H,1,8,13-14H2,2-3H3,(H,22,24)(H,23,25). The number of allylic oxidation sites excluding steroid dienone is 1. The maximum atomic E-state index is 12.4. The van der Waals surface area contributed by atoms with Crippen LogP contribution < -0.4 is 20.1 Å². The lowest BCUT2D eigenvalue weighted by Crippen LogP contribution is -2.36. The highest BCUT2D eigenvalue weighted by Gasteiger charge is 2.16. The Morgan fingerprint density at radius 3 is 2.44 bits per heavy atom.